The Balaban J connectivity index is 1.52. The third kappa shape index (κ3) is 2.21. The van der Waals surface area contributed by atoms with Crippen LogP contribution in [0.3, 0.4) is 0 Å². The van der Waals surface area contributed by atoms with Crippen molar-refractivity contribution in [3.8, 4) is 6.07 Å². The SMILES string of the molecule is N#Cc1ccc(C(=O)NC23CC4CC(CC(C4)C2)C3)cn1. The van der Waals surface area contributed by atoms with Gasteiger partial charge in [-0.15, -0.1) is 0 Å². The highest BCUT2D eigenvalue weighted by Crippen LogP contribution is 2.55. The van der Waals surface area contributed by atoms with Crippen molar-refractivity contribution in [2.75, 3.05) is 0 Å². The maximum atomic E-state index is 12.5. The van der Waals surface area contributed by atoms with E-state index in [1.807, 2.05) is 6.07 Å². The minimum absolute atomic E-state index is 0.0275. The highest BCUT2D eigenvalue weighted by atomic mass is 16.1. The lowest BCUT2D eigenvalue weighted by Crippen LogP contribution is -2.59. The molecule has 4 fully saturated rings. The highest BCUT2D eigenvalue weighted by molar-refractivity contribution is 5.94. The van der Waals surface area contributed by atoms with Crippen molar-refractivity contribution < 1.29 is 4.79 Å². The Morgan fingerprint density at radius 3 is 2.29 bits per heavy atom. The molecule has 0 aromatic carbocycles. The second kappa shape index (κ2) is 4.56. The number of nitrogens with one attached hydrogen (secondary N) is 1. The van der Waals surface area contributed by atoms with Gasteiger partial charge in [0.25, 0.3) is 5.91 Å². The first-order valence-electron chi connectivity index (χ1n) is 7.84. The minimum atomic E-state index is -0.0334. The molecule has 1 N–H and O–H groups in total. The Kier molecular flexibility index (Phi) is 2.78. The van der Waals surface area contributed by atoms with E-state index in [2.05, 4.69) is 10.3 Å². The Bertz CT molecular complexity index is 579. The number of hydrogen-bond acceptors (Lipinski definition) is 3. The van der Waals surface area contributed by atoms with E-state index in [0.29, 0.717) is 11.3 Å². The number of hydrogen-bond donors (Lipinski definition) is 1. The number of carbonyl (C=O) groups excluding carboxylic acids is 1. The van der Waals surface area contributed by atoms with Crippen LogP contribution in [0.5, 0.6) is 0 Å². The van der Waals surface area contributed by atoms with Crippen LogP contribution in [-0.2, 0) is 0 Å². The fraction of sp³-hybridized carbons (Fsp3) is 0.588. The van der Waals surface area contributed by atoms with E-state index >= 15 is 0 Å². The lowest BCUT2D eigenvalue weighted by Gasteiger charge is -2.56. The average Bonchev–Trinajstić information content (AvgIpc) is 2.45. The molecular formula is C17H19N3O. The van der Waals surface area contributed by atoms with E-state index in [4.69, 9.17) is 5.26 Å². The van der Waals surface area contributed by atoms with Gasteiger partial charge in [0.2, 0.25) is 0 Å². The fourth-order valence-electron chi connectivity index (χ4n) is 5.17. The molecule has 0 saturated heterocycles. The van der Waals surface area contributed by atoms with Crippen molar-refractivity contribution in [2.45, 2.75) is 44.1 Å². The van der Waals surface area contributed by atoms with Crippen LogP contribution in [0.1, 0.15) is 54.6 Å². The molecule has 108 valence electrons. The van der Waals surface area contributed by atoms with Crippen LogP contribution in [-0.4, -0.2) is 16.4 Å². The summed E-state index contributed by atoms with van der Waals surface area (Å²) < 4.78 is 0. The standard InChI is InChI=1S/C17H19N3O/c18-9-15-2-1-14(10-19-15)16(21)20-17-6-11-3-12(7-17)5-13(4-11)8-17/h1-2,10-13H,3-8H2,(H,20,21). The predicted molar refractivity (Wildman–Crippen MR) is 77.3 cm³/mol. The summed E-state index contributed by atoms with van der Waals surface area (Å²) in [4.78, 5) is 16.5. The van der Waals surface area contributed by atoms with Crippen molar-refractivity contribution in [3.63, 3.8) is 0 Å². The van der Waals surface area contributed by atoms with Gasteiger partial charge in [-0.25, -0.2) is 4.98 Å². The topological polar surface area (TPSA) is 65.8 Å². The normalized spacial score (nSPS) is 36.2. The molecule has 1 amide bonds. The van der Waals surface area contributed by atoms with Gasteiger partial charge in [0.05, 0.1) is 5.56 Å². The Morgan fingerprint density at radius 1 is 1.19 bits per heavy atom. The number of nitrogens with zero attached hydrogens (tertiary/aromatic N) is 2. The van der Waals surface area contributed by atoms with Gasteiger partial charge in [-0.1, -0.05) is 0 Å². The summed E-state index contributed by atoms with van der Waals surface area (Å²) in [5.41, 5.74) is 0.936. The van der Waals surface area contributed by atoms with Gasteiger partial charge in [-0.3, -0.25) is 4.79 Å². The van der Waals surface area contributed by atoms with Crippen molar-refractivity contribution in [2.24, 2.45) is 17.8 Å². The molecule has 4 aliphatic carbocycles. The van der Waals surface area contributed by atoms with Crippen molar-refractivity contribution in [1.82, 2.24) is 10.3 Å². The molecule has 0 radical (unpaired) electrons. The van der Waals surface area contributed by atoms with Gasteiger partial charge < -0.3 is 5.32 Å². The molecule has 0 unspecified atom stereocenters. The van der Waals surface area contributed by atoms with Crippen molar-refractivity contribution in [3.05, 3.63) is 29.6 Å². The zero-order valence-corrected chi connectivity index (χ0v) is 12.0. The molecule has 4 nitrogen and oxygen atoms in total. The van der Waals surface area contributed by atoms with E-state index in [-0.39, 0.29) is 11.4 Å². The minimum Gasteiger partial charge on any atom is -0.347 e. The quantitative estimate of drug-likeness (QED) is 0.906. The molecule has 4 aliphatic rings. The van der Waals surface area contributed by atoms with Crippen LogP contribution in [0.15, 0.2) is 18.3 Å². The van der Waals surface area contributed by atoms with Gasteiger partial charge in [0, 0.05) is 11.7 Å². The molecule has 4 bridgehead atoms. The molecule has 1 heterocycles. The average molecular weight is 281 g/mol. The highest BCUT2D eigenvalue weighted by Gasteiger charge is 2.51. The van der Waals surface area contributed by atoms with Crippen LogP contribution in [0.2, 0.25) is 0 Å². The van der Waals surface area contributed by atoms with E-state index in [9.17, 15) is 4.79 Å². The maximum absolute atomic E-state index is 12.5. The summed E-state index contributed by atoms with van der Waals surface area (Å²) in [5, 5.41) is 12.1. The zero-order chi connectivity index (χ0) is 14.4. The monoisotopic (exact) mass is 281 g/mol. The number of pyridine rings is 1. The fourth-order valence-corrected chi connectivity index (χ4v) is 5.17. The van der Waals surface area contributed by atoms with Gasteiger partial charge in [-0.2, -0.15) is 5.26 Å². The number of nitriles is 1. The molecule has 4 saturated carbocycles. The predicted octanol–water partition coefficient (Wildman–Crippen LogP) is 2.65. The van der Waals surface area contributed by atoms with Gasteiger partial charge >= 0.3 is 0 Å². The number of carbonyl (C=O) groups is 1. The first-order valence-corrected chi connectivity index (χ1v) is 7.84. The van der Waals surface area contributed by atoms with Crippen LogP contribution in [0, 0.1) is 29.1 Å². The molecule has 0 atom stereocenters. The van der Waals surface area contributed by atoms with Gasteiger partial charge in [0.1, 0.15) is 11.8 Å². The second-order valence-corrected chi connectivity index (χ2v) is 7.20. The third-order valence-electron chi connectivity index (χ3n) is 5.56. The largest absolute Gasteiger partial charge is 0.347 e. The lowest BCUT2D eigenvalue weighted by atomic mass is 9.53. The summed E-state index contributed by atoms with van der Waals surface area (Å²) >= 11 is 0. The zero-order valence-electron chi connectivity index (χ0n) is 12.0. The Morgan fingerprint density at radius 2 is 1.81 bits per heavy atom. The molecule has 0 aliphatic heterocycles. The third-order valence-corrected chi connectivity index (χ3v) is 5.56. The summed E-state index contributed by atoms with van der Waals surface area (Å²) in [6, 6.07) is 5.28. The van der Waals surface area contributed by atoms with Crippen LogP contribution in [0.25, 0.3) is 0 Å². The molecular weight excluding hydrogens is 262 g/mol. The van der Waals surface area contributed by atoms with E-state index in [1.165, 1.54) is 25.5 Å². The van der Waals surface area contributed by atoms with Crippen LogP contribution < -0.4 is 5.32 Å². The van der Waals surface area contributed by atoms with Crippen molar-refractivity contribution >= 4 is 5.91 Å². The summed E-state index contributed by atoms with van der Waals surface area (Å²) in [6.07, 6.45) is 9.06. The number of amides is 1. The number of aromatic nitrogens is 1. The second-order valence-electron chi connectivity index (χ2n) is 7.20. The molecule has 5 rings (SSSR count). The van der Waals surface area contributed by atoms with Gasteiger partial charge in [-0.05, 0) is 68.4 Å². The Labute approximate surface area is 124 Å². The lowest BCUT2D eigenvalue weighted by molar-refractivity contribution is -0.0167. The summed E-state index contributed by atoms with van der Waals surface area (Å²) in [7, 11) is 0. The molecule has 0 spiro atoms. The molecule has 4 heteroatoms. The van der Waals surface area contributed by atoms with Gasteiger partial charge in [0.15, 0.2) is 0 Å². The van der Waals surface area contributed by atoms with Crippen LogP contribution in [0.4, 0.5) is 0 Å². The maximum Gasteiger partial charge on any atom is 0.253 e. The van der Waals surface area contributed by atoms with Crippen LogP contribution >= 0.6 is 0 Å². The summed E-state index contributed by atoms with van der Waals surface area (Å²) in [5.74, 6) is 2.41. The first kappa shape index (κ1) is 12.8. The molecule has 1 aromatic heterocycles. The van der Waals surface area contributed by atoms with E-state index in [1.54, 1.807) is 12.1 Å². The molecule has 1 aromatic rings. The first-order chi connectivity index (χ1) is 10.2. The molecule has 21 heavy (non-hydrogen) atoms. The van der Waals surface area contributed by atoms with E-state index in [0.717, 1.165) is 37.0 Å². The smallest absolute Gasteiger partial charge is 0.253 e. The Hall–Kier alpha value is -1.89. The van der Waals surface area contributed by atoms with Crippen molar-refractivity contribution in [1.29, 1.82) is 5.26 Å². The van der Waals surface area contributed by atoms with E-state index < -0.39 is 0 Å². The summed E-state index contributed by atoms with van der Waals surface area (Å²) in [6.45, 7) is 0. The number of rotatable bonds is 2.